The summed E-state index contributed by atoms with van der Waals surface area (Å²) in [5.41, 5.74) is 0.533. The number of hydrogen-bond acceptors (Lipinski definition) is 3. The van der Waals surface area contributed by atoms with E-state index in [9.17, 15) is 9.50 Å². The second kappa shape index (κ2) is 9.18. The number of ether oxygens (including phenoxy) is 2. The minimum atomic E-state index is -0.922. The van der Waals surface area contributed by atoms with E-state index in [0.29, 0.717) is 23.8 Å². The average molecular weight is 365 g/mol. The van der Waals surface area contributed by atoms with Crippen molar-refractivity contribution < 1.29 is 19.0 Å². The quantitative estimate of drug-likeness (QED) is 0.733. The van der Waals surface area contributed by atoms with E-state index < -0.39 is 6.29 Å². The number of aliphatic hydroxyl groups is 1. The average Bonchev–Trinajstić information content (AvgIpc) is 2.64. The Morgan fingerprint density at radius 3 is 2.50 bits per heavy atom. The topological polar surface area (TPSA) is 38.7 Å². The van der Waals surface area contributed by atoms with Crippen LogP contribution in [0.2, 0.25) is 0 Å². The van der Waals surface area contributed by atoms with Crippen LogP contribution in [0.3, 0.4) is 0 Å². The molecule has 4 heteroatoms. The number of aliphatic hydroxyl groups excluding tert-OH is 1. The molecule has 1 aromatic rings. The fourth-order valence-electron chi connectivity index (χ4n) is 4.81. The van der Waals surface area contributed by atoms with Crippen LogP contribution in [0, 0.1) is 17.7 Å². The summed E-state index contributed by atoms with van der Waals surface area (Å²) in [4.78, 5) is 0. The number of halogens is 1. The van der Waals surface area contributed by atoms with Crippen LogP contribution in [-0.4, -0.2) is 24.1 Å². The fourth-order valence-corrected chi connectivity index (χ4v) is 4.81. The van der Waals surface area contributed by atoms with Crippen LogP contribution in [0.15, 0.2) is 18.2 Å². The van der Waals surface area contributed by atoms with Crippen LogP contribution >= 0.6 is 0 Å². The lowest BCUT2D eigenvalue weighted by Crippen LogP contribution is -2.39. The third-order valence-electron chi connectivity index (χ3n) is 6.22. The summed E-state index contributed by atoms with van der Waals surface area (Å²) in [6.07, 6.45) is 8.43. The molecule has 146 valence electrons. The molecule has 1 saturated heterocycles. The Bertz CT molecular complexity index is 569. The minimum Gasteiger partial charge on any atom is -0.494 e. The first-order chi connectivity index (χ1) is 12.6. The lowest BCUT2D eigenvalue weighted by Gasteiger charge is -2.40. The van der Waals surface area contributed by atoms with E-state index in [0.717, 1.165) is 18.8 Å². The maximum absolute atomic E-state index is 14.5. The van der Waals surface area contributed by atoms with Crippen molar-refractivity contribution in [2.24, 2.45) is 11.8 Å². The maximum Gasteiger partial charge on any atom is 0.161 e. The third kappa shape index (κ3) is 4.58. The Hall–Kier alpha value is -1.13. The van der Waals surface area contributed by atoms with E-state index in [1.54, 1.807) is 12.1 Å². The first-order valence-corrected chi connectivity index (χ1v) is 10.4. The molecule has 3 nitrogen and oxygen atoms in total. The van der Waals surface area contributed by atoms with Gasteiger partial charge in [0.2, 0.25) is 0 Å². The van der Waals surface area contributed by atoms with Crippen molar-refractivity contribution in [3.8, 4) is 5.75 Å². The number of benzene rings is 1. The Morgan fingerprint density at radius 2 is 1.88 bits per heavy atom. The summed E-state index contributed by atoms with van der Waals surface area (Å²) < 4.78 is 25.8. The van der Waals surface area contributed by atoms with Crippen LogP contribution in [0.25, 0.3) is 0 Å². The molecule has 26 heavy (non-hydrogen) atoms. The lowest BCUT2D eigenvalue weighted by atomic mass is 9.75. The molecule has 1 N–H and O–H groups in total. The predicted octanol–water partition coefficient (Wildman–Crippen LogP) is 5.41. The van der Waals surface area contributed by atoms with Crippen LogP contribution in [0.4, 0.5) is 4.39 Å². The molecule has 3 atom stereocenters. The summed E-state index contributed by atoms with van der Waals surface area (Å²) in [5, 5.41) is 10.5. The molecule has 0 aromatic heterocycles. The molecule has 1 heterocycles. The molecule has 1 aliphatic carbocycles. The van der Waals surface area contributed by atoms with Crippen molar-refractivity contribution in [1.29, 1.82) is 0 Å². The zero-order valence-corrected chi connectivity index (χ0v) is 16.1. The number of hydrogen-bond donors (Lipinski definition) is 1. The largest absolute Gasteiger partial charge is 0.494 e. The van der Waals surface area contributed by atoms with Crippen LogP contribution in [0.5, 0.6) is 5.75 Å². The summed E-state index contributed by atoms with van der Waals surface area (Å²) in [6, 6.07) is 4.91. The van der Waals surface area contributed by atoms with Gasteiger partial charge in [-0.3, -0.25) is 0 Å². The van der Waals surface area contributed by atoms with Crippen molar-refractivity contribution in [3.05, 3.63) is 29.6 Å². The molecule has 0 spiro atoms. The van der Waals surface area contributed by atoms with Gasteiger partial charge in [-0.05, 0) is 56.1 Å². The van der Waals surface area contributed by atoms with Gasteiger partial charge >= 0.3 is 0 Å². The zero-order chi connectivity index (χ0) is 18.5. The van der Waals surface area contributed by atoms with Gasteiger partial charge in [-0.15, -0.1) is 0 Å². The first-order valence-electron chi connectivity index (χ1n) is 10.4. The van der Waals surface area contributed by atoms with Crippen LogP contribution < -0.4 is 4.74 Å². The SMILES string of the molecule is CCCC1CCC(C2CCC(c3ccc(OCC)cc3F)C(O)O2)CC1. The molecule has 2 aliphatic rings. The Balaban J connectivity index is 1.57. The summed E-state index contributed by atoms with van der Waals surface area (Å²) in [5.74, 6) is 1.33. The van der Waals surface area contributed by atoms with Gasteiger partial charge in [0.25, 0.3) is 0 Å². The zero-order valence-electron chi connectivity index (χ0n) is 16.1. The van der Waals surface area contributed by atoms with Gasteiger partial charge in [0.1, 0.15) is 11.6 Å². The third-order valence-corrected chi connectivity index (χ3v) is 6.22. The highest BCUT2D eigenvalue weighted by Gasteiger charge is 2.37. The van der Waals surface area contributed by atoms with Gasteiger partial charge in [0, 0.05) is 12.0 Å². The molecule has 0 bridgehead atoms. The predicted molar refractivity (Wildman–Crippen MR) is 101 cm³/mol. The van der Waals surface area contributed by atoms with Crippen LogP contribution in [-0.2, 0) is 4.74 Å². The molecule has 1 aliphatic heterocycles. The Labute approximate surface area is 156 Å². The second-order valence-corrected chi connectivity index (χ2v) is 7.93. The van der Waals surface area contributed by atoms with Gasteiger partial charge in [-0.2, -0.15) is 0 Å². The van der Waals surface area contributed by atoms with Crippen LogP contribution in [0.1, 0.15) is 76.7 Å². The number of rotatable bonds is 6. The fraction of sp³-hybridized carbons (Fsp3) is 0.727. The highest BCUT2D eigenvalue weighted by molar-refractivity contribution is 5.31. The highest BCUT2D eigenvalue weighted by Crippen LogP contribution is 2.41. The smallest absolute Gasteiger partial charge is 0.161 e. The van der Waals surface area contributed by atoms with E-state index in [1.165, 1.54) is 44.6 Å². The molecule has 0 radical (unpaired) electrons. The van der Waals surface area contributed by atoms with E-state index in [-0.39, 0.29) is 17.8 Å². The van der Waals surface area contributed by atoms with E-state index in [2.05, 4.69) is 6.92 Å². The lowest BCUT2D eigenvalue weighted by molar-refractivity contribution is -0.192. The van der Waals surface area contributed by atoms with Gasteiger partial charge < -0.3 is 14.6 Å². The van der Waals surface area contributed by atoms with Crippen molar-refractivity contribution in [1.82, 2.24) is 0 Å². The van der Waals surface area contributed by atoms with E-state index >= 15 is 0 Å². The molecule has 1 saturated carbocycles. The minimum absolute atomic E-state index is 0.120. The van der Waals surface area contributed by atoms with Crippen molar-refractivity contribution in [3.63, 3.8) is 0 Å². The van der Waals surface area contributed by atoms with Gasteiger partial charge in [-0.25, -0.2) is 4.39 Å². The van der Waals surface area contributed by atoms with E-state index in [4.69, 9.17) is 9.47 Å². The maximum atomic E-state index is 14.5. The Kier molecular flexibility index (Phi) is 6.93. The van der Waals surface area contributed by atoms with Crippen molar-refractivity contribution >= 4 is 0 Å². The normalized spacial score (nSPS) is 32.4. The first kappa shape index (κ1) is 19.6. The van der Waals surface area contributed by atoms with Crippen molar-refractivity contribution in [2.75, 3.05) is 6.61 Å². The van der Waals surface area contributed by atoms with Gasteiger partial charge in [0.05, 0.1) is 12.7 Å². The van der Waals surface area contributed by atoms with Gasteiger partial charge in [0.15, 0.2) is 6.29 Å². The summed E-state index contributed by atoms with van der Waals surface area (Å²) >= 11 is 0. The Morgan fingerprint density at radius 1 is 1.12 bits per heavy atom. The monoisotopic (exact) mass is 364 g/mol. The standard InChI is InChI=1S/C22H33FO3/c1-3-5-15-6-8-16(9-7-15)21-13-12-19(22(24)26-21)18-11-10-17(25-4-2)14-20(18)23/h10-11,14-16,19,21-22,24H,3-9,12-13H2,1-2H3. The summed E-state index contributed by atoms with van der Waals surface area (Å²) in [6.45, 7) is 4.64. The molecular weight excluding hydrogens is 331 g/mol. The molecule has 1 aromatic carbocycles. The van der Waals surface area contributed by atoms with E-state index in [1.807, 2.05) is 6.92 Å². The van der Waals surface area contributed by atoms with Crippen molar-refractivity contribution in [2.45, 2.75) is 83.5 Å². The molecule has 3 unspecified atom stereocenters. The second-order valence-electron chi connectivity index (χ2n) is 7.93. The summed E-state index contributed by atoms with van der Waals surface area (Å²) in [7, 11) is 0. The molecular formula is C22H33FO3. The van der Waals surface area contributed by atoms with Gasteiger partial charge in [-0.1, -0.05) is 38.7 Å². The molecule has 3 rings (SSSR count). The molecule has 0 amide bonds. The molecule has 2 fully saturated rings. The highest BCUT2D eigenvalue weighted by atomic mass is 19.1.